The monoisotopic (exact) mass is 349 g/mol. The summed E-state index contributed by atoms with van der Waals surface area (Å²) in [5, 5.41) is 2.77. The summed E-state index contributed by atoms with van der Waals surface area (Å²) in [6.07, 6.45) is 2.22. The van der Waals surface area contributed by atoms with E-state index in [1.165, 1.54) is 26.4 Å². The smallest absolute Gasteiger partial charge is 0.255 e. The quantitative estimate of drug-likeness (QED) is 0.782. The van der Waals surface area contributed by atoms with Gasteiger partial charge in [0, 0.05) is 11.1 Å². The summed E-state index contributed by atoms with van der Waals surface area (Å²) >= 11 is 5.94. The molecule has 4 nitrogen and oxygen atoms in total. The lowest BCUT2D eigenvalue weighted by Gasteiger charge is -2.14. The largest absolute Gasteiger partial charge is 0.493 e. The lowest BCUT2D eigenvalue weighted by Crippen LogP contribution is -2.13. The molecule has 0 saturated heterocycles. The number of carbonyl (C=O) groups excluding carboxylic acids is 1. The minimum Gasteiger partial charge on any atom is -0.493 e. The fourth-order valence-electron chi connectivity index (χ4n) is 2.27. The second-order valence-corrected chi connectivity index (χ2v) is 5.35. The van der Waals surface area contributed by atoms with E-state index in [0.717, 1.165) is 11.6 Å². The van der Waals surface area contributed by atoms with Crippen molar-refractivity contribution in [3.05, 3.63) is 65.0 Å². The van der Waals surface area contributed by atoms with Crippen LogP contribution in [0.2, 0.25) is 5.02 Å². The van der Waals surface area contributed by atoms with Crippen LogP contribution in [0.25, 0.3) is 0 Å². The van der Waals surface area contributed by atoms with Gasteiger partial charge in [0.1, 0.15) is 5.82 Å². The first-order valence-electron chi connectivity index (χ1n) is 7.12. The topological polar surface area (TPSA) is 47.6 Å². The first-order valence-corrected chi connectivity index (χ1v) is 7.50. The number of hydrogen-bond acceptors (Lipinski definition) is 3. The number of anilines is 1. The molecular formula is C18H17ClFNO3. The highest BCUT2D eigenvalue weighted by molar-refractivity contribution is 6.33. The zero-order valence-corrected chi connectivity index (χ0v) is 14.1. The number of methoxy groups -OCH3 is 2. The van der Waals surface area contributed by atoms with Gasteiger partial charge in [0.25, 0.3) is 5.91 Å². The van der Waals surface area contributed by atoms with Crippen molar-refractivity contribution in [3.63, 3.8) is 0 Å². The molecule has 0 unspecified atom stereocenters. The number of hydrogen-bond donors (Lipinski definition) is 1. The first-order chi connectivity index (χ1) is 11.5. The summed E-state index contributed by atoms with van der Waals surface area (Å²) in [6.45, 7) is 3.70. The number of benzene rings is 2. The van der Waals surface area contributed by atoms with Crippen molar-refractivity contribution in [2.24, 2.45) is 0 Å². The summed E-state index contributed by atoms with van der Waals surface area (Å²) in [5.74, 6) is 0.119. The molecule has 2 aromatic carbocycles. The first kappa shape index (κ1) is 17.8. The van der Waals surface area contributed by atoms with Gasteiger partial charge in [0.15, 0.2) is 11.5 Å². The zero-order chi connectivity index (χ0) is 17.7. The molecule has 0 atom stereocenters. The molecule has 0 heterocycles. The Balaban J connectivity index is 2.38. The lowest BCUT2D eigenvalue weighted by molar-refractivity contribution is 0.102. The Hall–Kier alpha value is -2.53. The minimum absolute atomic E-state index is 0.121. The molecule has 0 aromatic heterocycles. The summed E-state index contributed by atoms with van der Waals surface area (Å²) < 4.78 is 23.7. The Morgan fingerprint density at radius 3 is 2.62 bits per heavy atom. The van der Waals surface area contributed by atoms with Gasteiger partial charge in [-0.3, -0.25) is 4.79 Å². The average Bonchev–Trinajstić information content (AvgIpc) is 2.56. The fraction of sp³-hybridized carbons (Fsp3) is 0.167. The van der Waals surface area contributed by atoms with E-state index in [0.29, 0.717) is 29.2 Å². The molecule has 6 heteroatoms. The number of nitrogens with one attached hydrogen (secondary N) is 1. The average molecular weight is 350 g/mol. The van der Waals surface area contributed by atoms with Crippen molar-refractivity contribution in [2.75, 3.05) is 19.5 Å². The van der Waals surface area contributed by atoms with E-state index in [9.17, 15) is 9.18 Å². The third-order valence-corrected chi connectivity index (χ3v) is 3.67. The molecular weight excluding hydrogens is 333 g/mol. The Morgan fingerprint density at radius 1 is 1.29 bits per heavy atom. The molecule has 2 rings (SSSR count). The van der Waals surface area contributed by atoms with Gasteiger partial charge in [0.05, 0.1) is 24.9 Å². The fourth-order valence-corrected chi connectivity index (χ4v) is 2.48. The van der Waals surface area contributed by atoms with Crippen LogP contribution in [0.15, 0.2) is 43.0 Å². The molecule has 2 aromatic rings. The second kappa shape index (κ2) is 7.84. The van der Waals surface area contributed by atoms with Crippen LogP contribution >= 0.6 is 11.6 Å². The number of rotatable bonds is 6. The van der Waals surface area contributed by atoms with Gasteiger partial charge >= 0.3 is 0 Å². The third kappa shape index (κ3) is 3.86. The molecule has 0 spiro atoms. The summed E-state index contributed by atoms with van der Waals surface area (Å²) in [6, 6.07) is 7.02. The van der Waals surface area contributed by atoms with Gasteiger partial charge in [-0.1, -0.05) is 17.7 Å². The molecule has 1 amide bonds. The van der Waals surface area contributed by atoms with Crippen LogP contribution in [0, 0.1) is 5.82 Å². The van der Waals surface area contributed by atoms with Gasteiger partial charge in [-0.05, 0) is 36.8 Å². The van der Waals surface area contributed by atoms with E-state index in [1.807, 2.05) is 0 Å². The molecule has 0 saturated carbocycles. The highest BCUT2D eigenvalue weighted by atomic mass is 35.5. The molecule has 126 valence electrons. The molecule has 0 aliphatic heterocycles. The number of carbonyl (C=O) groups is 1. The van der Waals surface area contributed by atoms with Crippen molar-refractivity contribution in [2.45, 2.75) is 6.42 Å². The third-order valence-electron chi connectivity index (χ3n) is 3.36. The normalized spacial score (nSPS) is 10.2. The van der Waals surface area contributed by atoms with Gasteiger partial charge in [-0.15, -0.1) is 6.58 Å². The number of amides is 1. The minimum atomic E-state index is -0.475. The van der Waals surface area contributed by atoms with E-state index in [1.54, 1.807) is 18.2 Å². The van der Waals surface area contributed by atoms with Gasteiger partial charge < -0.3 is 14.8 Å². The van der Waals surface area contributed by atoms with Crippen molar-refractivity contribution in [3.8, 4) is 11.5 Å². The van der Waals surface area contributed by atoms with E-state index in [2.05, 4.69) is 11.9 Å². The van der Waals surface area contributed by atoms with Crippen LogP contribution in [0.5, 0.6) is 11.5 Å². The van der Waals surface area contributed by atoms with Crippen LogP contribution in [-0.4, -0.2) is 20.1 Å². The molecule has 1 N–H and O–H groups in total. The molecule has 0 bridgehead atoms. The standard InChI is InChI=1S/C18H17ClFNO3/c1-4-5-11-8-12(9-16(23-2)17(11)24-3)18(22)21-15-7-6-13(20)10-14(15)19/h4,6-10H,1,5H2,2-3H3,(H,21,22). The molecule has 24 heavy (non-hydrogen) atoms. The molecule has 0 fully saturated rings. The maximum Gasteiger partial charge on any atom is 0.255 e. The lowest BCUT2D eigenvalue weighted by atomic mass is 10.0. The predicted molar refractivity (Wildman–Crippen MR) is 92.8 cm³/mol. The number of halogens is 2. The van der Waals surface area contributed by atoms with E-state index < -0.39 is 11.7 Å². The van der Waals surface area contributed by atoms with E-state index in [-0.39, 0.29) is 5.02 Å². The number of ether oxygens (including phenoxy) is 2. The highest BCUT2D eigenvalue weighted by Crippen LogP contribution is 2.33. The zero-order valence-electron chi connectivity index (χ0n) is 13.4. The maximum absolute atomic E-state index is 13.1. The Kier molecular flexibility index (Phi) is 5.82. The van der Waals surface area contributed by atoms with Crippen LogP contribution in [0.3, 0.4) is 0 Å². The van der Waals surface area contributed by atoms with Crippen LogP contribution in [0.1, 0.15) is 15.9 Å². The van der Waals surface area contributed by atoms with Crippen LogP contribution in [-0.2, 0) is 6.42 Å². The van der Waals surface area contributed by atoms with Gasteiger partial charge in [0.2, 0.25) is 0 Å². The van der Waals surface area contributed by atoms with Crippen LogP contribution in [0.4, 0.5) is 10.1 Å². The predicted octanol–water partition coefficient (Wildman–Crippen LogP) is 4.48. The number of allylic oxidation sites excluding steroid dienone is 1. The highest BCUT2D eigenvalue weighted by Gasteiger charge is 2.16. The Bertz CT molecular complexity index is 777. The summed E-state index contributed by atoms with van der Waals surface area (Å²) in [4.78, 5) is 12.5. The molecule has 0 aliphatic rings. The Labute approximate surface area is 144 Å². The second-order valence-electron chi connectivity index (χ2n) is 4.94. The molecule has 0 radical (unpaired) electrons. The maximum atomic E-state index is 13.1. The summed E-state index contributed by atoms with van der Waals surface area (Å²) in [5.41, 5.74) is 1.45. The van der Waals surface area contributed by atoms with E-state index in [4.69, 9.17) is 21.1 Å². The van der Waals surface area contributed by atoms with Gasteiger partial charge in [-0.2, -0.15) is 0 Å². The van der Waals surface area contributed by atoms with Crippen molar-refractivity contribution in [1.29, 1.82) is 0 Å². The van der Waals surface area contributed by atoms with Crippen molar-refractivity contribution in [1.82, 2.24) is 0 Å². The van der Waals surface area contributed by atoms with Crippen molar-refractivity contribution >= 4 is 23.2 Å². The van der Waals surface area contributed by atoms with Crippen LogP contribution < -0.4 is 14.8 Å². The Morgan fingerprint density at radius 2 is 2.04 bits per heavy atom. The summed E-state index contributed by atoms with van der Waals surface area (Å²) in [7, 11) is 3.02. The van der Waals surface area contributed by atoms with E-state index >= 15 is 0 Å². The van der Waals surface area contributed by atoms with Crippen molar-refractivity contribution < 1.29 is 18.7 Å². The SMILES string of the molecule is C=CCc1cc(C(=O)Nc2ccc(F)cc2Cl)cc(OC)c1OC. The molecule has 0 aliphatic carbocycles. The van der Waals surface area contributed by atoms with Gasteiger partial charge in [-0.25, -0.2) is 4.39 Å².